The molecular weight excluding hydrogens is 222 g/mol. The molecule has 12 heavy (non-hydrogen) atoms. The molecule has 0 bridgehead atoms. The Morgan fingerprint density at radius 3 is 2.58 bits per heavy atom. The molecule has 0 unspecified atom stereocenters. The molecule has 0 aromatic heterocycles. The molecule has 0 aromatic carbocycles. The third kappa shape index (κ3) is 5.32. The van der Waals surface area contributed by atoms with Crippen molar-refractivity contribution in [3.63, 3.8) is 0 Å². The van der Waals surface area contributed by atoms with Gasteiger partial charge in [-0.1, -0.05) is 15.9 Å². The highest BCUT2D eigenvalue weighted by Gasteiger charge is 2.03. The standard InChI is InChI=1S/C8H14BrNO2/c1-7(6-9)8(11)12-5-4-10(2)3/h6H,4-5H2,1-3H3. The monoisotopic (exact) mass is 235 g/mol. The number of ether oxygens (including phenoxy) is 1. The molecule has 0 rings (SSSR count). The van der Waals surface area contributed by atoms with Crippen molar-refractivity contribution in [1.82, 2.24) is 4.90 Å². The summed E-state index contributed by atoms with van der Waals surface area (Å²) in [5.74, 6) is -0.270. The molecule has 4 heteroatoms. The number of carbonyl (C=O) groups excluding carboxylic acids is 1. The largest absolute Gasteiger partial charge is 0.461 e. The molecule has 0 aliphatic heterocycles. The molecule has 0 radical (unpaired) electrons. The van der Waals surface area contributed by atoms with Gasteiger partial charge < -0.3 is 9.64 Å². The average molecular weight is 236 g/mol. The van der Waals surface area contributed by atoms with E-state index >= 15 is 0 Å². The second-order valence-electron chi connectivity index (χ2n) is 2.73. The van der Waals surface area contributed by atoms with Gasteiger partial charge in [-0.2, -0.15) is 0 Å². The van der Waals surface area contributed by atoms with Crippen LogP contribution in [0.4, 0.5) is 0 Å². The Morgan fingerprint density at radius 1 is 1.58 bits per heavy atom. The van der Waals surface area contributed by atoms with Gasteiger partial charge in [0.15, 0.2) is 0 Å². The van der Waals surface area contributed by atoms with E-state index in [1.807, 2.05) is 19.0 Å². The summed E-state index contributed by atoms with van der Waals surface area (Å²) in [6.07, 6.45) is 0. The molecule has 0 atom stereocenters. The van der Waals surface area contributed by atoms with E-state index in [9.17, 15) is 4.79 Å². The van der Waals surface area contributed by atoms with E-state index in [2.05, 4.69) is 15.9 Å². The van der Waals surface area contributed by atoms with Gasteiger partial charge in [0.05, 0.1) is 0 Å². The fourth-order valence-corrected chi connectivity index (χ4v) is 0.666. The Morgan fingerprint density at radius 2 is 2.17 bits per heavy atom. The normalized spacial score (nSPS) is 11.9. The number of hydrogen-bond acceptors (Lipinski definition) is 3. The minimum Gasteiger partial charge on any atom is -0.461 e. The number of rotatable bonds is 4. The Labute approximate surface area is 81.5 Å². The van der Waals surface area contributed by atoms with Crippen LogP contribution in [-0.2, 0) is 9.53 Å². The molecule has 0 saturated heterocycles. The summed E-state index contributed by atoms with van der Waals surface area (Å²) in [4.78, 5) is 14.5. The van der Waals surface area contributed by atoms with Crippen molar-refractivity contribution < 1.29 is 9.53 Å². The molecule has 0 fully saturated rings. The summed E-state index contributed by atoms with van der Waals surface area (Å²) in [5.41, 5.74) is 0.578. The first kappa shape index (κ1) is 11.6. The van der Waals surface area contributed by atoms with Gasteiger partial charge in [0.25, 0.3) is 0 Å². The number of likely N-dealkylation sites (N-methyl/N-ethyl adjacent to an activating group) is 1. The maximum Gasteiger partial charge on any atom is 0.334 e. The van der Waals surface area contributed by atoms with Gasteiger partial charge in [-0.05, 0) is 26.0 Å². The van der Waals surface area contributed by atoms with Crippen molar-refractivity contribution >= 4 is 21.9 Å². The summed E-state index contributed by atoms with van der Waals surface area (Å²) in [7, 11) is 3.86. The number of halogens is 1. The number of esters is 1. The summed E-state index contributed by atoms with van der Waals surface area (Å²) >= 11 is 3.06. The second kappa shape index (κ2) is 6.20. The summed E-state index contributed by atoms with van der Waals surface area (Å²) < 4.78 is 4.93. The van der Waals surface area contributed by atoms with E-state index in [1.165, 1.54) is 0 Å². The highest BCUT2D eigenvalue weighted by molar-refractivity contribution is 9.11. The zero-order chi connectivity index (χ0) is 9.56. The maximum absolute atomic E-state index is 11.0. The van der Waals surface area contributed by atoms with E-state index in [-0.39, 0.29) is 5.97 Å². The number of nitrogens with zero attached hydrogens (tertiary/aromatic N) is 1. The van der Waals surface area contributed by atoms with Crippen molar-refractivity contribution in [2.24, 2.45) is 0 Å². The van der Waals surface area contributed by atoms with Crippen LogP contribution in [0, 0.1) is 0 Å². The first-order valence-corrected chi connectivity index (χ1v) is 4.58. The van der Waals surface area contributed by atoms with Crippen LogP contribution >= 0.6 is 15.9 Å². The van der Waals surface area contributed by atoms with E-state index in [0.29, 0.717) is 12.2 Å². The van der Waals surface area contributed by atoms with E-state index in [4.69, 9.17) is 4.74 Å². The van der Waals surface area contributed by atoms with Gasteiger partial charge in [0.1, 0.15) is 6.61 Å². The Balaban J connectivity index is 3.58. The lowest BCUT2D eigenvalue weighted by Gasteiger charge is -2.09. The van der Waals surface area contributed by atoms with Crippen molar-refractivity contribution in [3.05, 3.63) is 10.6 Å². The molecule has 0 aromatic rings. The highest BCUT2D eigenvalue weighted by Crippen LogP contribution is 1.99. The summed E-state index contributed by atoms with van der Waals surface area (Å²) in [6.45, 7) is 2.89. The van der Waals surface area contributed by atoms with Gasteiger partial charge in [0, 0.05) is 12.1 Å². The molecule has 0 aliphatic carbocycles. The number of hydrogen-bond donors (Lipinski definition) is 0. The predicted octanol–water partition coefficient (Wildman–Crippen LogP) is 1.39. The molecule has 3 nitrogen and oxygen atoms in total. The van der Waals surface area contributed by atoms with Crippen LogP contribution in [0.15, 0.2) is 10.6 Å². The molecule has 0 aliphatic rings. The minimum absolute atomic E-state index is 0.270. The zero-order valence-electron chi connectivity index (χ0n) is 7.63. The van der Waals surface area contributed by atoms with Gasteiger partial charge in [-0.3, -0.25) is 0 Å². The molecule has 0 heterocycles. The molecule has 0 amide bonds. The van der Waals surface area contributed by atoms with Crippen molar-refractivity contribution in [3.8, 4) is 0 Å². The van der Waals surface area contributed by atoms with Gasteiger partial charge >= 0.3 is 5.97 Å². The third-order valence-corrected chi connectivity index (χ3v) is 1.94. The summed E-state index contributed by atoms with van der Waals surface area (Å²) in [6, 6.07) is 0. The number of carbonyl (C=O) groups is 1. The fraction of sp³-hybridized carbons (Fsp3) is 0.625. The van der Waals surface area contributed by atoms with Crippen molar-refractivity contribution in [2.75, 3.05) is 27.2 Å². The smallest absolute Gasteiger partial charge is 0.334 e. The van der Waals surface area contributed by atoms with Gasteiger partial charge in [-0.25, -0.2) is 4.79 Å². The van der Waals surface area contributed by atoms with E-state index in [1.54, 1.807) is 11.9 Å². The van der Waals surface area contributed by atoms with Gasteiger partial charge in [-0.15, -0.1) is 0 Å². The van der Waals surface area contributed by atoms with E-state index in [0.717, 1.165) is 6.54 Å². The van der Waals surface area contributed by atoms with Crippen LogP contribution in [0.3, 0.4) is 0 Å². The van der Waals surface area contributed by atoms with Crippen LogP contribution in [0.2, 0.25) is 0 Å². The molecule has 70 valence electrons. The quantitative estimate of drug-likeness (QED) is 0.545. The van der Waals surface area contributed by atoms with Crippen molar-refractivity contribution in [1.29, 1.82) is 0 Å². The fourth-order valence-electron chi connectivity index (χ4n) is 0.479. The van der Waals surface area contributed by atoms with Crippen LogP contribution < -0.4 is 0 Å². The average Bonchev–Trinajstić information content (AvgIpc) is 2.02. The first-order chi connectivity index (χ1) is 5.57. The second-order valence-corrected chi connectivity index (χ2v) is 3.19. The highest BCUT2D eigenvalue weighted by atomic mass is 79.9. The Kier molecular flexibility index (Phi) is 6.02. The molecule has 0 N–H and O–H groups in total. The zero-order valence-corrected chi connectivity index (χ0v) is 9.22. The Hall–Kier alpha value is -0.350. The summed E-state index contributed by atoms with van der Waals surface area (Å²) in [5, 5.41) is 0. The lowest BCUT2D eigenvalue weighted by atomic mass is 10.4. The van der Waals surface area contributed by atoms with Crippen LogP contribution in [0.5, 0.6) is 0 Å². The SMILES string of the molecule is CC(=CBr)C(=O)OCCN(C)C. The maximum atomic E-state index is 11.0. The van der Waals surface area contributed by atoms with Crippen LogP contribution in [0.1, 0.15) is 6.92 Å². The van der Waals surface area contributed by atoms with Crippen LogP contribution in [0.25, 0.3) is 0 Å². The lowest BCUT2D eigenvalue weighted by molar-refractivity contribution is -0.139. The Bertz CT molecular complexity index is 178. The lowest BCUT2D eigenvalue weighted by Crippen LogP contribution is -2.20. The topological polar surface area (TPSA) is 29.5 Å². The minimum atomic E-state index is -0.270. The predicted molar refractivity (Wildman–Crippen MR) is 52.2 cm³/mol. The molecule has 0 saturated carbocycles. The van der Waals surface area contributed by atoms with Gasteiger partial charge in [0.2, 0.25) is 0 Å². The third-order valence-electron chi connectivity index (χ3n) is 1.26. The van der Waals surface area contributed by atoms with Crippen LogP contribution in [-0.4, -0.2) is 38.1 Å². The molecular formula is C8H14BrNO2. The molecule has 0 spiro atoms. The van der Waals surface area contributed by atoms with E-state index < -0.39 is 0 Å². The van der Waals surface area contributed by atoms with Crippen molar-refractivity contribution in [2.45, 2.75) is 6.92 Å². The first-order valence-electron chi connectivity index (χ1n) is 3.66.